The monoisotopic (exact) mass is 254 g/mol. The van der Waals surface area contributed by atoms with Crippen LogP contribution >= 0.6 is 11.8 Å². The number of aliphatic imine (C=N–C) groups is 1. The SMILES string of the molecule is C[C@@H]1CC(=O)NC(SC(=O)C2CCCCC2)=N1. The van der Waals surface area contributed by atoms with Crippen LogP contribution < -0.4 is 5.32 Å². The third-order valence-corrected chi connectivity index (χ3v) is 4.14. The summed E-state index contributed by atoms with van der Waals surface area (Å²) in [6.45, 7) is 1.89. The van der Waals surface area contributed by atoms with Crippen LogP contribution in [0.1, 0.15) is 45.4 Å². The van der Waals surface area contributed by atoms with E-state index in [1.165, 1.54) is 6.42 Å². The number of carbonyl (C=O) groups is 2. The normalized spacial score (nSPS) is 26.3. The summed E-state index contributed by atoms with van der Waals surface area (Å²) in [6.07, 6.45) is 5.93. The predicted octanol–water partition coefficient (Wildman–Crippen LogP) is 2.09. The summed E-state index contributed by atoms with van der Waals surface area (Å²) in [6, 6.07) is -0.00888. The summed E-state index contributed by atoms with van der Waals surface area (Å²) in [7, 11) is 0. The molecule has 0 radical (unpaired) electrons. The molecule has 0 aromatic heterocycles. The van der Waals surface area contributed by atoms with Gasteiger partial charge in [-0.1, -0.05) is 19.3 Å². The zero-order valence-electron chi connectivity index (χ0n) is 10.1. The molecule has 2 aliphatic rings. The van der Waals surface area contributed by atoms with E-state index in [9.17, 15) is 9.59 Å². The Kier molecular flexibility index (Phi) is 4.20. The van der Waals surface area contributed by atoms with Gasteiger partial charge in [-0.25, -0.2) is 0 Å². The van der Waals surface area contributed by atoms with Crippen molar-refractivity contribution in [3.8, 4) is 0 Å². The van der Waals surface area contributed by atoms with Crippen LogP contribution in [0.3, 0.4) is 0 Å². The summed E-state index contributed by atoms with van der Waals surface area (Å²) < 4.78 is 0. The molecule has 1 N–H and O–H groups in total. The summed E-state index contributed by atoms with van der Waals surface area (Å²) >= 11 is 1.11. The van der Waals surface area contributed by atoms with Gasteiger partial charge in [0.1, 0.15) is 0 Å². The number of rotatable bonds is 1. The lowest BCUT2D eigenvalue weighted by molar-refractivity contribution is -0.120. The molecule has 0 bridgehead atoms. The van der Waals surface area contributed by atoms with Crippen LogP contribution in [0.2, 0.25) is 0 Å². The summed E-state index contributed by atoms with van der Waals surface area (Å²) in [5.74, 6) is 0.122. The molecule has 17 heavy (non-hydrogen) atoms. The first-order chi connectivity index (χ1) is 8.15. The number of amidine groups is 1. The maximum atomic E-state index is 12.0. The highest BCUT2D eigenvalue weighted by Crippen LogP contribution is 2.28. The largest absolute Gasteiger partial charge is 0.305 e. The van der Waals surface area contributed by atoms with Gasteiger partial charge < -0.3 is 5.32 Å². The minimum Gasteiger partial charge on any atom is -0.305 e. The van der Waals surface area contributed by atoms with Crippen LogP contribution in [0, 0.1) is 5.92 Å². The van der Waals surface area contributed by atoms with Gasteiger partial charge >= 0.3 is 0 Å². The van der Waals surface area contributed by atoms with E-state index in [0.29, 0.717) is 11.6 Å². The van der Waals surface area contributed by atoms with E-state index >= 15 is 0 Å². The first-order valence-corrected chi connectivity index (χ1v) is 7.06. The van der Waals surface area contributed by atoms with Crippen LogP contribution in [-0.4, -0.2) is 22.2 Å². The lowest BCUT2D eigenvalue weighted by Gasteiger charge is -2.21. The maximum Gasteiger partial charge on any atom is 0.228 e. The molecular formula is C12H18N2O2S. The number of nitrogens with zero attached hydrogens (tertiary/aromatic N) is 1. The smallest absolute Gasteiger partial charge is 0.228 e. The molecule has 0 spiro atoms. The first kappa shape index (κ1) is 12.6. The molecule has 1 heterocycles. The fraction of sp³-hybridized carbons (Fsp3) is 0.750. The Balaban J connectivity index is 1.91. The Hall–Kier alpha value is -0.840. The van der Waals surface area contributed by atoms with Crippen molar-refractivity contribution in [2.75, 3.05) is 0 Å². The van der Waals surface area contributed by atoms with Gasteiger partial charge in [0.2, 0.25) is 5.91 Å². The second-order valence-corrected chi connectivity index (χ2v) is 5.78. The summed E-state index contributed by atoms with van der Waals surface area (Å²) in [5, 5.41) is 3.32. The number of hydrogen-bond acceptors (Lipinski definition) is 4. The topological polar surface area (TPSA) is 58.5 Å². The van der Waals surface area contributed by atoms with Crippen LogP contribution in [0.25, 0.3) is 0 Å². The van der Waals surface area contributed by atoms with Crippen LogP contribution in [-0.2, 0) is 9.59 Å². The van der Waals surface area contributed by atoms with Gasteiger partial charge in [-0.2, -0.15) is 0 Å². The van der Waals surface area contributed by atoms with Gasteiger partial charge in [-0.05, 0) is 31.5 Å². The van der Waals surface area contributed by atoms with Crippen molar-refractivity contribution >= 4 is 28.0 Å². The van der Waals surface area contributed by atoms with E-state index in [4.69, 9.17) is 0 Å². The van der Waals surface area contributed by atoms with Crippen molar-refractivity contribution in [2.24, 2.45) is 10.9 Å². The number of nitrogens with one attached hydrogen (secondary N) is 1. The Morgan fingerprint density at radius 2 is 2.06 bits per heavy atom. The van der Waals surface area contributed by atoms with Crippen LogP contribution in [0.5, 0.6) is 0 Å². The van der Waals surface area contributed by atoms with Gasteiger partial charge in [0.25, 0.3) is 0 Å². The van der Waals surface area contributed by atoms with Gasteiger partial charge in [0.05, 0.1) is 6.04 Å². The quantitative estimate of drug-likeness (QED) is 0.779. The fourth-order valence-electron chi connectivity index (χ4n) is 2.29. The van der Waals surface area contributed by atoms with Crippen molar-refractivity contribution in [3.63, 3.8) is 0 Å². The molecule has 0 unspecified atom stereocenters. The zero-order chi connectivity index (χ0) is 12.3. The van der Waals surface area contributed by atoms with Gasteiger partial charge in [-0.15, -0.1) is 0 Å². The minimum atomic E-state index is -0.0357. The predicted molar refractivity (Wildman–Crippen MR) is 68.8 cm³/mol. The molecule has 1 atom stereocenters. The van der Waals surface area contributed by atoms with Crippen LogP contribution in [0.15, 0.2) is 4.99 Å². The van der Waals surface area contributed by atoms with Crippen LogP contribution in [0.4, 0.5) is 0 Å². The van der Waals surface area contributed by atoms with Gasteiger partial charge in [0, 0.05) is 12.3 Å². The highest BCUT2D eigenvalue weighted by molar-refractivity contribution is 8.26. The molecule has 0 aromatic rings. The first-order valence-electron chi connectivity index (χ1n) is 6.24. The third kappa shape index (κ3) is 3.56. The van der Waals surface area contributed by atoms with E-state index in [0.717, 1.165) is 37.4 Å². The Morgan fingerprint density at radius 3 is 2.71 bits per heavy atom. The molecule has 5 heteroatoms. The zero-order valence-corrected chi connectivity index (χ0v) is 10.9. The number of carbonyl (C=O) groups excluding carboxylic acids is 2. The summed E-state index contributed by atoms with van der Waals surface area (Å²) in [4.78, 5) is 27.6. The number of amides is 1. The Bertz CT molecular complexity index is 348. The Labute approximate surface area is 106 Å². The molecule has 0 saturated heterocycles. The molecule has 1 aliphatic carbocycles. The standard InChI is InChI=1S/C12H18N2O2S/c1-8-7-10(15)14-12(13-8)17-11(16)9-5-3-2-4-6-9/h8-9H,2-7H2,1H3,(H,13,14,15)/t8-/m1/s1. The average molecular weight is 254 g/mol. The van der Waals surface area contributed by atoms with E-state index in [1.54, 1.807) is 0 Å². The number of thioether (sulfide) groups is 1. The fourth-order valence-corrected chi connectivity index (χ4v) is 3.28. The third-order valence-electron chi connectivity index (χ3n) is 3.20. The second-order valence-electron chi connectivity index (χ2n) is 4.79. The molecule has 1 fully saturated rings. The van der Waals surface area contributed by atoms with Crippen molar-refractivity contribution in [1.82, 2.24) is 5.32 Å². The molecule has 4 nitrogen and oxygen atoms in total. The Morgan fingerprint density at radius 1 is 1.35 bits per heavy atom. The molecule has 2 rings (SSSR count). The molecular weight excluding hydrogens is 236 g/mol. The van der Waals surface area contributed by atoms with E-state index in [2.05, 4.69) is 10.3 Å². The maximum absolute atomic E-state index is 12.0. The van der Waals surface area contributed by atoms with Gasteiger partial charge in [0.15, 0.2) is 10.3 Å². The molecule has 1 saturated carbocycles. The van der Waals surface area contributed by atoms with E-state index in [-0.39, 0.29) is 23.0 Å². The average Bonchev–Trinajstić information content (AvgIpc) is 2.28. The molecule has 0 aromatic carbocycles. The number of hydrogen-bond donors (Lipinski definition) is 1. The summed E-state index contributed by atoms with van der Waals surface area (Å²) in [5.41, 5.74) is 0. The van der Waals surface area contributed by atoms with E-state index in [1.807, 2.05) is 6.92 Å². The molecule has 1 aliphatic heterocycles. The van der Waals surface area contributed by atoms with Crippen molar-refractivity contribution in [3.05, 3.63) is 0 Å². The molecule has 94 valence electrons. The molecule has 1 amide bonds. The highest BCUT2D eigenvalue weighted by atomic mass is 32.2. The van der Waals surface area contributed by atoms with Crippen molar-refractivity contribution < 1.29 is 9.59 Å². The lowest BCUT2D eigenvalue weighted by atomic mass is 9.90. The highest BCUT2D eigenvalue weighted by Gasteiger charge is 2.25. The second kappa shape index (κ2) is 5.67. The van der Waals surface area contributed by atoms with Crippen molar-refractivity contribution in [1.29, 1.82) is 0 Å². The lowest BCUT2D eigenvalue weighted by Crippen LogP contribution is -2.37. The van der Waals surface area contributed by atoms with Gasteiger partial charge in [-0.3, -0.25) is 14.6 Å². The van der Waals surface area contributed by atoms with Crippen molar-refractivity contribution in [2.45, 2.75) is 51.5 Å². The van der Waals surface area contributed by atoms with E-state index < -0.39 is 0 Å². The minimum absolute atomic E-state index is 0.00888.